The Kier molecular flexibility index (Phi) is 2.55. The normalized spacial score (nSPS) is 17.9. The van der Waals surface area contributed by atoms with Gasteiger partial charge in [0, 0.05) is 12.5 Å². The van der Waals surface area contributed by atoms with Crippen molar-refractivity contribution in [2.75, 3.05) is 24.7 Å². The molecule has 0 radical (unpaired) electrons. The predicted octanol–water partition coefficient (Wildman–Crippen LogP) is 1.08. The molecular formula is C12H15N5O. The van der Waals surface area contributed by atoms with Crippen molar-refractivity contribution in [3.05, 3.63) is 29.8 Å². The SMILES string of the molecule is COc1cccc(C2CNc3nc(N)nn3C2)c1. The monoisotopic (exact) mass is 245 g/mol. The number of anilines is 2. The van der Waals surface area contributed by atoms with Crippen LogP contribution in [0.25, 0.3) is 0 Å². The van der Waals surface area contributed by atoms with E-state index in [1.807, 2.05) is 16.8 Å². The first-order chi connectivity index (χ1) is 8.76. The van der Waals surface area contributed by atoms with Crippen LogP contribution in [-0.4, -0.2) is 28.4 Å². The minimum Gasteiger partial charge on any atom is -0.497 e. The highest BCUT2D eigenvalue weighted by atomic mass is 16.5. The van der Waals surface area contributed by atoms with E-state index in [-0.39, 0.29) is 0 Å². The van der Waals surface area contributed by atoms with Crippen LogP contribution in [0, 0.1) is 0 Å². The zero-order valence-electron chi connectivity index (χ0n) is 10.1. The van der Waals surface area contributed by atoms with Crippen LogP contribution in [0.1, 0.15) is 11.5 Å². The Labute approximate surface area is 105 Å². The summed E-state index contributed by atoms with van der Waals surface area (Å²) in [5.41, 5.74) is 6.81. The van der Waals surface area contributed by atoms with E-state index < -0.39 is 0 Å². The maximum atomic E-state index is 5.59. The second kappa shape index (κ2) is 4.21. The molecule has 0 saturated carbocycles. The third-order valence-electron chi connectivity index (χ3n) is 3.15. The molecule has 1 aliphatic heterocycles. The summed E-state index contributed by atoms with van der Waals surface area (Å²) in [4.78, 5) is 4.11. The molecule has 2 heterocycles. The lowest BCUT2D eigenvalue weighted by atomic mass is 9.98. The third kappa shape index (κ3) is 1.85. The third-order valence-corrected chi connectivity index (χ3v) is 3.15. The molecule has 0 fully saturated rings. The molecule has 3 rings (SSSR count). The molecule has 0 aliphatic carbocycles. The van der Waals surface area contributed by atoms with Gasteiger partial charge in [-0.15, -0.1) is 5.10 Å². The van der Waals surface area contributed by atoms with Gasteiger partial charge in [-0.2, -0.15) is 4.98 Å². The Morgan fingerprint density at radius 2 is 2.39 bits per heavy atom. The lowest BCUT2D eigenvalue weighted by molar-refractivity contribution is 0.413. The lowest BCUT2D eigenvalue weighted by Gasteiger charge is -2.24. The van der Waals surface area contributed by atoms with Gasteiger partial charge in [0.1, 0.15) is 5.75 Å². The molecule has 1 unspecified atom stereocenters. The van der Waals surface area contributed by atoms with Crippen molar-refractivity contribution < 1.29 is 4.74 Å². The van der Waals surface area contributed by atoms with E-state index >= 15 is 0 Å². The number of rotatable bonds is 2. The Morgan fingerprint density at radius 1 is 1.50 bits per heavy atom. The summed E-state index contributed by atoms with van der Waals surface area (Å²) in [5.74, 6) is 2.26. The van der Waals surface area contributed by atoms with Gasteiger partial charge in [0.25, 0.3) is 0 Å². The highest BCUT2D eigenvalue weighted by molar-refractivity contribution is 5.38. The Balaban J connectivity index is 1.86. The number of aromatic nitrogens is 3. The molecule has 0 amide bonds. The molecule has 6 nitrogen and oxygen atoms in total. The van der Waals surface area contributed by atoms with Gasteiger partial charge in [-0.05, 0) is 17.7 Å². The molecule has 1 atom stereocenters. The summed E-state index contributed by atoms with van der Waals surface area (Å²) < 4.78 is 7.05. The van der Waals surface area contributed by atoms with E-state index in [2.05, 4.69) is 27.5 Å². The maximum absolute atomic E-state index is 5.59. The Morgan fingerprint density at radius 3 is 3.22 bits per heavy atom. The predicted molar refractivity (Wildman–Crippen MR) is 68.7 cm³/mol. The van der Waals surface area contributed by atoms with Crippen molar-refractivity contribution in [3.8, 4) is 5.75 Å². The number of fused-ring (bicyclic) bond motifs is 1. The molecule has 94 valence electrons. The molecule has 3 N–H and O–H groups in total. The van der Waals surface area contributed by atoms with Gasteiger partial charge in [0.05, 0.1) is 13.7 Å². The van der Waals surface area contributed by atoms with Gasteiger partial charge < -0.3 is 15.8 Å². The van der Waals surface area contributed by atoms with Crippen LogP contribution in [0.15, 0.2) is 24.3 Å². The molecule has 0 spiro atoms. The van der Waals surface area contributed by atoms with Crippen molar-refractivity contribution in [1.29, 1.82) is 0 Å². The molecule has 1 aromatic heterocycles. The van der Waals surface area contributed by atoms with Gasteiger partial charge in [-0.25, -0.2) is 4.68 Å². The van der Waals surface area contributed by atoms with E-state index in [4.69, 9.17) is 10.5 Å². The standard InChI is InChI=1S/C12H15N5O/c1-18-10-4-2-3-8(5-10)9-6-14-12-15-11(13)16-17(12)7-9/h2-5,9H,6-7H2,1H3,(H3,13,14,15,16). The zero-order valence-corrected chi connectivity index (χ0v) is 10.1. The van der Waals surface area contributed by atoms with E-state index in [1.54, 1.807) is 7.11 Å². The summed E-state index contributed by atoms with van der Waals surface area (Å²) in [7, 11) is 1.68. The second-order valence-electron chi connectivity index (χ2n) is 4.33. The van der Waals surface area contributed by atoms with E-state index in [9.17, 15) is 0 Å². The maximum Gasteiger partial charge on any atom is 0.241 e. The number of hydrogen-bond acceptors (Lipinski definition) is 5. The van der Waals surface area contributed by atoms with Crippen LogP contribution in [0.3, 0.4) is 0 Å². The zero-order chi connectivity index (χ0) is 12.5. The van der Waals surface area contributed by atoms with Crippen molar-refractivity contribution in [3.63, 3.8) is 0 Å². The van der Waals surface area contributed by atoms with Gasteiger partial charge in [0.15, 0.2) is 0 Å². The van der Waals surface area contributed by atoms with Gasteiger partial charge in [-0.3, -0.25) is 0 Å². The molecule has 18 heavy (non-hydrogen) atoms. The minimum absolute atomic E-state index is 0.309. The lowest BCUT2D eigenvalue weighted by Crippen LogP contribution is -2.26. The summed E-state index contributed by atoms with van der Waals surface area (Å²) in [6.45, 7) is 1.60. The number of nitrogens with two attached hydrogens (primary N) is 1. The molecule has 0 bridgehead atoms. The quantitative estimate of drug-likeness (QED) is 0.827. The Bertz CT molecular complexity index is 565. The van der Waals surface area contributed by atoms with Crippen molar-refractivity contribution in [1.82, 2.24) is 14.8 Å². The molecule has 1 aliphatic rings. The first-order valence-corrected chi connectivity index (χ1v) is 5.84. The largest absolute Gasteiger partial charge is 0.497 e. The number of benzene rings is 1. The summed E-state index contributed by atoms with van der Waals surface area (Å²) >= 11 is 0. The van der Waals surface area contributed by atoms with Gasteiger partial charge in [0.2, 0.25) is 11.9 Å². The van der Waals surface area contributed by atoms with Crippen LogP contribution < -0.4 is 15.8 Å². The fourth-order valence-corrected chi connectivity index (χ4v) is 2.22. The van der Waals surface area contributed by atoms with E-state index in [1.165, 1.54) is 5.56 Å². The number of nitrogens with one attached hydrogen (secondary N) is 1. The smallest absolute Gasteiger partial charge is 0.241 e. The van der Waals surface area contributed by atoms with Crippen molar-refractivity contribution in [2.24, 2.45) is 0 Å². The summed E-state index contributed by atoms with van der Waals surface area (Å²) in [5, 5.41) is 7.40. The van der Waals surface area contributed by atoms with Crippen molar-refractivity contribution in [2.45, 2.75) is 12.5 Å². The fraction of sp³-hybridized carbons (Fsp3) is 0.333. The average Bonchev–Trinajstić information content (AvgIpc) is 2.77. The van der Waals surface area contributed by atoms with Gasteiger partial charge >= 0.3 is 0 Å². The highest BCUT2D eigenvalue weighted by Crippen LogP contribution is 2.26. The molecule has 2 aromatic rings. The van der Waals surface area contributed by atoms with Crippen LogP contribution in [0.5, 0.6) is 5.75 Å². The molecule has 6 heteroatoms. The van der Waals surface area contributed by atoms with Crippen LogP contribution in [-0.2, 0) is 6.54 Å². The number of hydrogen-bond donors (Lipinski definition) is 2. The molecule has 1 aromatic carbocycles. The first kappa shape index (κ1) is 10.9. The number of nitrogens with zero attached hydrogens (tertiary/aromatic N) is 3. The van der Waals surface area contributed by atoms with Crippen LogP contribution in [0.4, 0.5) is 11.9 Å². The Hall–Kier alpha value is -2.24. The topological polar surface area (TPSA) is 78.0 Å². The van der Waals surface area contributed by atoms with Gasteiger partial charge in [-0.1, -0.05) is 12.1 Å². The average molecular weight is 245 g/mol. The first-order valence-electron chi connectivity index (χ1n) is 5.84. The highest BCUT2D eigenvalue weighted by Gasteiger charge is 2.22. The molecular weight excluding hydrogens is 230 g/mol. The fourth-order valence-electron chi connectivity index (χ4n) is 2.22. The summed E-state index contributed by atoms with van der Waals surface area (Å²) in [6, 6.07) is 8.09. The minimum atomic E-state index is 0.309. The van der Waals surface area contributed by atoms with E-state index in [0.29, 0.717) is 11.9 Å². The van der Waals surface area contributed by atoms with Crippen LogP contribution in [0.2, 0.25) is 0 Å². The summed E-state index contributed by atoms with van der Waals surface area (Å²) in [6.07, 6.45) is 0. The van der Waals surface area contributed by atoms with Crippen LogP contribution >= 0.6 is 0 Å². The van der Waals surface area contributed by atoms with Crippen molar-refractivity contribution >= 4 is 11.9 Å². The van der Waals surface area contributed by atoms with E-state index in [0.717, 1.165) is 24.8 Å². The number of methoxy groups -OCH3 is 1. The second-order valence-corrected chi connectivity index (χ2v) is 4.33. The molecule has 0 saturated heterocycles. The number of nitrogen functional groups attached to an aromatic ring is 1. The number of ether oxygens (including phenoxy) is 1.